The number of carbonyl (C=O) groups excluding carboxylic acids is 2. The summed E-state index contributed by atoms with van der Waals surface area (Å²) in [5.41, 5.74) is 4.66. The fourth-order valence-electron chi connectivity index (χ4n) is 4.31. The van der Waals surface area contributed by atoms with Crippen molar-refractivity contribution < 1.29 is 19.1 Å². The Kier molecular flexibility index (Phi) is 9.61. The van der Waals surface area contributed by atoms with Crippen molar-refractivity contribution >= 4 is 23.2 Å². The van der Waals surface area contributed by atoms with Gasteiger partial charge in [0, 0.05) is 35.3 Å². The highest BCUT2D eigenvalue weighted by Gasteiger charge is 2.10. The van der Waals surface area contributed by atoms with Gasteiger partial charge in [-0.05, 0) is 83.9 Å². The van der Waals surface area contributed by atoms with Crippen molar-refractivity contribution in [3.63, 3.8) is 0 Å². The molecule has 2 N–H and O–H groups in total. The van der Waals surface area contributed by atoms with Crippen molar-refractivity contribution in [2.75, 3.05) is 23.8 Å². The summed E-state index contributed by atoms with van der Waals surface area (Å²) in [5.74, 6) is 0.958. The van der Waals surface area contributed by atoms with Crippen LogP contribution in [0, 0.1) is 0 Å². The van der Waals surface area contributed by atoms with Crippen LogP contribution in [0.2, 0.25) is 0 Å². The summed E-state index contributed by atoms with van der Waals surface area (Å²) >= 11 is 0. The third-order valence-corrected chi connectivity index (χ3v) is 6.64. The van der Waals surface area contributed by atoms with Crippen LogP contribution in [0.25, 0.3) is 0 Å². The van der Waals surface area contributed by atoms with E-state index in [2.05, 4.69) is 34.9 Å². The second kappa shape index (κ2) is 14.3. The fourth-order valence-corrected chi connectivity index (χ4v) is 4.31. The molecule has 0 heterocycles. The molecule has 210 valence electrons. The fraction of sp³-hybridized carbons (Fsp3) is 0.111. The van der Waals surface area contributed by atoms with Crippen LogP contribution in [0.4, 0.5) is 11.4 Å². The van der Waals surface area contributed by atoms with Crippen LogP contribution < -0.4 is 20.1 Å². The van der Waals surface area contributed by atoms with Gasteiger partial charge in [0.2, 0.25) is 0 Å². The van der Waals surface area contributed by atoms with E-state index in [0.29, 0.717) is 35.7 Å². The Morgan fingerprint density at radius 2 is 0.810 bits per heavy atom. The van der Waals surface area contributed by atoms with Gasteiger partial charge in [0.05, 0.1) is 13.2 Å². The molecule has 0 aliphatic rings. The van der Waals surface area contributed by atoms with E-state index in [1.807, 2.05) is 60.7 Å². The molecule has 0 atom stereocenters. The number of carbonyl (C=O) groups is 2. The maximum absolute atomic E-state index is 12.7. The molecular weight excluding hydrogens is 524 g/mol. The molecule has 5 aromatic rings. The minimum Gasteiger partial charge on any atom is -0.493 e. The van der Waals surface area contributed by atoms with Crippen LogP contribution in [0.1, 0.15) is 31.8 Å². The highest BCUT2D eigenvalue weighted by Crippen LogP contribution is 2.19. The molecule has 2 amide bonds. The smallest absolute Gasteiger partial charge is 0.255 e. The molecule has 5 rings (SSSR count). The summed E-state index contributed by atoms with van der Waals surface area (Å²) in [6.45, 7) is 1.15. The van der Waals surface area contributed by atoms with Crippen molar-refractivity contribution in [1.29, 1.82) is 0 Å². The molecule has 42 heavy (non-hydrogen) atoms. The lowest BCUT2D eigenvalue weighted by atomic mass is 10.1. The zero-order valence-electron chi connectivity index (χ0n) is 23.2. The van der Waals surface area contributed by atoms with Crippen LogP contribution in [-0.2, 0) is 12.8 Å². The summed E-state index contributed by atoms with van der Waals surface area (Å²) in [4.78, 5) is 25.5. The van der Waals surface area contributed by atoms with E-state index in [9.17, 15) is 9.59 Å². The third-order valence-electron chi connectivity index (χ3n) is 6.64. The summed E-state index contributed by atoms with van der Waals surface area (Å²) in [5, 5.41) is 5.76. The van der Waals surface area contributed by atoms with Crippen LogP contribution in [-0.4, -0.2) is 25.0 Å². The summed E-state index contributed by atoms with van der Waals surface area (Å²) in [6.07, 6.45) is 1.65. The molecule has 0 saturated carbocycles. The Hall–Kier alpha value is -5.36. The topological polar surface area (TPSA) is 76.7 Å². The van der Waals surface area contributed by atoms with Gasteiger partial charge < -0.3 is 20.1 Å². The van der Waals surface area contributed by atoms with Gasteiger partial charge in [-0.1, -0.05) is 60.7 Å². The molecule has 0 saturated heterocycles. The lowest BCUT2D eigenvalue weighted by Crippen LogP contribution is -2.14. The maximum atomic E-state index is 12.7. The van der Waals surface area contributed by atoms with Crippen LogP contribution in [0.3, 0.4) is 0 Å². The number of benzene rings is 5. The van der Waals surface area contributed by atoms with Crippen molar-refractivity contribution in [3.05, 3.63) is 156 Å². The van der Waals surface area contributed by atoms with E-state index in [1.165, 1.54) is 11.1 Å². The molecule has 6 nitrogen and oxygen atoms in total. The average molecular weight is 557 g/mol. The standard InChI is InChI=1S/C36H32N2O4/c39-35(37-31-15-19-33(20-16-31)41-25-23-27-7-3-1-4-8-27)29-11-13-30(14-12-29)36(40)38-32-17-21-34(22-18-32)42-26-24-28-9-5-2-6-10-28/h1-22H,23-26H2,(H,37,39)(H,38,40). The molecule has 0 bridgehead atoms. The summed E-state index contributed by atoms with van der Waals surface area (Å²) < 4.78 is 11.6. The Morgan fingerprint density at radius 3 is 1.17 bits per heavy atom. The molecule has 6 heteroatoms. The number of rotatable bonds is 12. The normalized spacial score (nSPS) is 10.5. The Labute approximate surface area is 245 Å². The Morgan fingerprint density at radius 1 is 0.452 bits per heavy atom. The first kappa shape index (κ1) is 28.2. The van der Waals surface area contributed by atoms with E-state index >= 15 is 0 Å². The van der Waals surface area contributed by atoms with Gasteiger partial charge in [-0.15, -0.1) is 0 Å². The highest BCUT2D eigenvalue weighted by atomic mass is 16.5. The van der Waals surface area contributed by atoms with E-state index in [1.54, 1.807) is 48.5 Å². The molecule has 0 radical (unpaired) electrons. The average Bonchev–Trinajstić information content (AvgIpc) is 3.04. The zero-order chi connectivity index (χ0) is 29.0. The number of amides is 2. The largest absolute Gasteiger partial charge is 0.493 e. The first-order valence-corrected chi connectivity index (χ1v) is 13.9. The molecule has 0 aliphatic carbocycles. The van der Waals surface area contributed by atoms with Crippen molar-refractivity contribution in [2.45, 2.75) is 12.8 Å². The predicted molar refractivity (Wildman–Crippen MR) is 167 cm³/mol. The molecule has 0 spiro atoms. The first-order chi connectivity index (χ1) is 20.6. The Balaban J connectivity index is 1.06. The highest BCUT2D eigenvalue weighted by molar-refractivity contribution is 6.07. The number of anilines is 2. The van der Waals surface area contributed by atoms with Crippen LogP contribution in [0.5, 0.6) is 11.5 Å². The van der Waals surface area contributed by atoms with Crippen LogP contribution >= 0.6 is 0 Å². The number of nitrogens with one attached hydrogen (secondary N) is 2. The van der Waals surface area contributed by atoms with Crippen molar-refractivity contribution in [3.8, 4) is 11.5 Å². The Bertz CT molecular complexity index is 1450. The first-order valence-electron chi connectivity index (χ1n) is 13.9. The minimum atomic E-state index is -0.262. The molecule has 0 unspecified atom stereocenters. The van der Waals surface area contributed by atoms with E-state index < -0.39 is 0 Å². The maximum Gasteiger partial charge on any atom is 0.255 e. The van der Waals surface area contributed by atoms with Gasteiger partial charge in [-0.3, -0.25) is 9.59 Å². The van der Waals surface area contributed by atoms with Gasteiger partial charge in [0.25, 0.3) is 11.8 Å². The third kappa shape index (κ3) is 8.32. The zero-order valence-corrected chi connectivity index (χ0v) is 23.2. The van der Waals surface area contributed by atoms with E-state index in [-0.39, 0.29) is 11.8 Å². The lowest BCUT2D eigenvalue weighted by Gasteiger charge is -2.10. The van der Waals surface area contributed by atoms with Crippen molar-refractivity contribution in [1.82, 2.24) is 0 Å². The molecular formula is C36H32N2O4. The number of hydrogen-bond acceptors (Lipinski definition) is 4. The van der Waals surface area contributed by atoms with Gasteiger partial charge in [0.15, 0.2) is 0 Å². The molecule has 0 aromatic heterocycles. The van der Waals surface area contributed by atoms with Gasteiger partial charge in [-0.25, -0.2) is 0 Å². The van der Waals surface area contributed by atoms with Gasteiger partial charge in [-0.2, -0.15) is 0 Å². The number of ether oxygens (including phenoxy) is 2. The summed E-state index contributed by atoms with van der Waals surface area (Å²) in [7, 11) is 0. The molecule has 0 aliphatic heterocycles. The second-order valence-corrected chi connectivity index (χ2v) is 9.70. The van der Waals surface area contributed by atoms with Crippen molar-refractivity contribution in [2.24, 2.45) is 0 Å². The lowest BCUT2D eigenvalue weighted by molar-refractivity contribution is 0.101. The van der Waals surface area contributed by atoms with Gasteiger partial charge in [0.1, 0.15) is 11.5 Å². The second-order valence-electron chi connectivity index (χ2n) is 9.70. The quantitative estimate of drug-likeness (QED) is 0.168. The SMILES string of the molecule is O=C(Nc1ccc(OCCc2ccccc2)cc1)c1ccc(C(=O)Nc2ccc(OCCc3ccccc3)cc2)cc1. The summed E-state index contributed by atoms with van der Waals surface area (Å²) in [6, 6.07) is 41.4. The molecule has 0 fully saturated rings. The van der Waals surface area contributed by atoms with Crippen LogP contribution in [0.15, 0.2) is 133 Å². The number of hydrogen-bond donors (Lipinski definition) is 2. The van der Waals surface area contributed by atoms with Gasteiger partial charge >= 0.3 is 0 Å². The predicted octanol–water partition coefficient (Wildman–Crippen LogP) is 7.43. The van der Waals surface area contributed by atoms with E-state index in [4.69, 9.17) is 9.47 Å². The monoisotopic (exact) mass is 556 g/mol. The minimum absolute atomic E-state index is 0.262. The van der Waals surface area contributed by atoms with E-state index in [0.717, 1.165) is 24.3 Å². The molecule has 5 aromatic carbocycles.